The number of esters is 1. The van der Waals surface area contributed by atoms with Gasteiger partial charge in [-0.3, -0.25) is 4.90 Å². The van der Waals surface area contributed by atoms with Gasteiger partial charge in [0.2, 0.25) is 5.76 Å². The number of hydrogen-bond acceptors (Lipinski definition) is 5. The molecule has 1 aliphatic heterocycles. The Balaban J connectivity index is 1.64. The highest BCUT2D eigenvalue weighted by molar-refractivity contribution is 7.10. The Morgan fingerprint density at radius 3 is 2.88 bits per heavy atom. The average Bonchev–Trinajstić information content (AvgIpc) is 3.31. The number of furan rings is 1. The Bertz CT molecular complexity index is 868. The summed E-state index contributed by atoms with van der Waals surface area (Å²) in [6.07, 6.45) is 1.04. The predicted molar refractivity (Wildman–Crippen MR) is 96.8 cm³/mol. The van der Waals surface area contributed by atoms with Crippen LogP contribution in [0.15, 0.2) is 58.3 Å². The quantitative estimate of drug-likeness (QED) is 0.657. The summed E-state index contributed by atoms with van der Waals surface area (Å²) in [6.45, 7) is 1.62. The number of carbonyl (C=O) groups is 1. The molecule has 0 bridgehead atoms. The van der Waals surface area contributed by atoms with E-state index in [0.717, 1.165) is 18.7 Å². The summed E-state index contributed by atoms with van der Waals surface area (Å²) in [5, 5.41) is 2.17. The van der Waals surface area contributed by atoms with Crippen LogP contribution in [0, 0.1) is 0 Å². The van der Waals surface area contributed by atoms with E-state index in [1.165, 1.54) is 23.1 Å². The van der Waals surface area contributed by atoms with E-state index in [-0.39, 0.29) is 11.8 Å². The second-order valence-corrected chi connectivity index (χ2v) is 7.09. The number of benzene rings is 1. The molecule has 0 saturated heterocycles. The lowest BCUT2D eigenvalue weighted by Crippen LogP contribution is -2.34. The van der Waals surface area contributed by atoms with Crippen LogP contribution in [-0.4, -0.2) is 24.5 Å². The summed E-state index contributed by atoms with van der Waals surface area (Å²) in [6, 6.07) is 16.5. The average molecular weight is 353 g/mol. The number of fused-ring (bicyclic) bond motifs is 1. The maximum atomic E-state index is 11.6. The highest BCUT2D eigenvalue weighted by Crippen LogP contribution is 2.38. The van der Waals surface area contributed by atoms with Gasteiger partial charge in [-0.15, -0.1) is 11.3 Å². The van der Waals surface area contributed by atoms with Gasteiger partial charge in [-0.1, -0.05) is 30.3 Å². The standard InChI is InChI=1S/C20H19NO3S/c1-23-20(22)17-8-7-15(24-17)13-21-11-9-18-16(10-12-25-18)19(21)14-5-3-2-4-6-14/h2-8,10,12,19H,9,11,13H2,1H3. The summed E-state index contributed by atoms with van der Waals surface area (Å²) in [5.74, 6) is 0.589. The van der Waals surface area contributed by atoms with Crippen molar-refractivity contribution in [3.8, 4) is 0 Å². The maximum Gasteiger partial charge on any atom is 0.373 e. The number of thiophene rings is 1. The highest BCUT2D eigenvalue weighted by Gasteiger charge is 2.30. The van der Waals surface area contributed by atoms with E-state index in [2.05, 4.69) is 40.6 Å². The second-order valence-electron chi connectivity index (χ2n) is 6.09. The number of rotatable bonds is 4. The van der Waals surface area contributed by atoms with Crippen LogP contribution in [0.5, 0.6) is 0 Å². The zero-order chi connectivity index (χ0) is 17.2. The molecule has 4 nitrogen and oxygen atoms in total. The van der Waals surface area contributed by atoms with E-state index >= 15 is 0 Å². The van der Waals surface area contributed by atoms with Gasteiger partial charge in [0.25, 0.3) is 0 Å². The predicted octanol–water partition coefficient (Wildman–Crippen LogP) is 4.28. The Labute approximate surface area is 150 Å². The maximum absolute atomic E-state index is 11.6. The molecule has 0 amide bonds. The number of methoxy groups -OCH3 is 1. The molecule has 128 valence electrons. The van der Waals surface area contributed by atoms with Crippen molar-refractivity contribution in [2.24, 2.45) is 0 Å². The third kappa shape index (κ3) is 3.13. The monoisotopic (exact) mass is 353 g/mol. The van der Waals surface area contributed by atoms with E-state index in [9.17, 15) is 4.79 Å². The number of hydrogen-bond donors (Lipinski definition) is 0. The van der Waals surface area contributed by atoms with Crippen molar-refractivity contribution in [3.05, 3.63) is 81.4 Å². The molecule has 0 spiro atoms. The molecular weight excluding hydrogens is 334 g/mol. The molecule has 5 heteroatoms. The minimum atomic E-state index is -0.440. The third-order valence-electron chi connectivity index (χ3n) is 4.59. The van der Waals surface area contributed by atoms with E-state index in [1.54, 1.807) is 6.07 Å². The molecule has 3 aromatic rings. The molecule has 3 heterocycles. The zero-order valence-electron chi connectivity index (χ0n) is 14.0. The van der Waals surface area contributed by atoms with Gasteiger partial charge < -0.3 is 9.15 Å². The molecule has 25 heavy (non-hydrogen) atoms. The van der Waals surface area contributed by atoms with Gasteiger partial charge >= 0.3 is 5.97 Å². The fraction of sp³-hybridized carbons (Fsp3) is 0.250. The Morgan fingerprint density at radius 1 is 1.24 bits per heavy atom. The van der Waals surface area contributed by atoms with Gasteiger partial charge in [-0.2, -0.15) is 0 Å². The van der Waals surface area contributed by atoms with Crippen LogP contribution in [0.25, 0.3) is 0 Å². The summed E-state index contributed by atoms with van der Waals surface area (Å²) in [7, 11) is 1.36. The molecule has 1 aliphatic rings. The van der Waals surface area contributed by atoms with Crippen molar-refractivity contribution in [2.75, 3.05) is 13.7 Å². The van der Waals surface area contributed by atoms with Crippen molar-refractivity contribution < 1.29 is 13.9 Å². The number of carbonyl (C=O) groups excluding carboxylic acids is 1. The summed E-state index contributed by atoms with van der Waals surface area (Å²) >= 11 is 1.83. The second kappa shape index (κ2) is 6.86. The van der Waals surface area contributed by atoms with E-state index < -0.39 is 5.97 Å². The van der Waals surface area contributed by atoms with Crippen molar-refractivity contribution in [1.29, 1.82) is 0 Å². The lowest BCUT2D eigenvalue weighted by Gasteiger charge is -2.35. The SMILES string of the molecule is COC(=O)c1ccc(CN2CCc3sccc3C2c2ccccc2)o1. The third-order valence-corrected chi connectivity index (χ3v) is 5.58. The first kappa shape index (κ1) is 16.1. The van der Waals surface area contributed by atoms with Crippen LogP contribution < -0.4 is 0 Å². The fourth-order valence-electron chi connectivity index (χ4n) is 3.44. The van der Waals surface area contributed by atoms with Gasteiger partial charge in [0, 0.05) is 11.4 Å². The largest absolute Gasteiger partial charge is 0.463 e. The zero-order valence-corrected chi connectivity index (χ0v) is 14.8. The Kier molecular flexibility index (Phi) is 4.42. The summed E-state index contributed by atoms with van der Waals surface area (Å²) < 4.78 is 10.4. The lowest BCUT2D eigenvalue weighted by atomic mass is 9.93. The number of ether oxygens (including phenoxy) is 1. The molecule has 1 aromatic carbocycles. The molecule has 1 unspecified atom stereocenters. The minimum absolute atomic E-state index is 0.211. The van der Waals surface area contributed by atoms with E-state index in [0.29, 0.717) is 6.54 Å². The molecule has 0 N–H and O–H groups in total. The van der Waals surface area contributed by atoms with E-state index in [1.807, 2.05) is 23.5 Å². The van der Waals surface area contributed by atoms with Gasteiger partial charge in [-0.05, 0) is 41.1 Å². The summed E-state index contributed by atoms with van der Waals surface area (Å²) in [4.78, 5) is 15.5. The molecule has 0 radical (unpaired) electrons. The first-order valence-electron chi connectivity index (χ1n) is 8.28. The topological polar surface area (TPSA) is 42.7 Å². The van der Waals surface area contributed by atoms with Crippen LogP contribution in [0.4, 0.5) is 0 Å². The molecule has 4 rings (SSSR count). The van der Waals surface area contributed by atoms with Crippen molar-refractivity contribution in [3.63, 3.8) is 0 Å². The lowest BCUT2D eigenvalue weighted by molar-refractivity contribution is 0.0560. The van der Waals surface area contributed by atoms with Gasteiger partial charge in [0.1, 0.15) is 5.76 Å². The van der Waals surface area contributed by atoms with Crippen LogP contribution in [0.3, 0.4) is 0 Å². The first-order chi connectivity index (χ1) is 12.3. The Morgan fingerprint density at radius 2 is 2.08 bits per heavy atom. The molecular formula is C20H19NO3S. The highest BCUT2D eigenvalue weighted by atomic mass is 32.1. The fourth-order valence-corrected chi connectivity index (χ4v) is 4.34. The van der Waals surface area contributed by atoms with Crippen LogP contribution >= 0.6 is 11.3 Å². The van der Waals surface area contributed by atoms with Crippen molar-refractivity contribution in [1.82, 2.24) is 4.90 Å². The van der Waals surface area contributed by atoms with Gasteiger partial charge in [0.05, 0.1) is 19.7 Å². The van der Waals surface area contributed by atoms with Crippen molar-refractivity contribution >= 4 is 17.3 Å². The molecule has 2 aromatic heterocycles. The summed E-state index contributed by atoms with van der Waals surface area (Å²) in [5.41, 5.74) is 2.66. The van der Waals surface area contributed by atoms with Crippen LogP contribution in [0.2, 0.25) is 0 Å². The van der Waals surface area contributed by atoms with Crippen LogP contribution in [0.1, 0.15) is 38.4 Å². The van der Waals surface area contributed by atoms with Crippen molar-refractivity contribution in [2.45, 2.75) is 19.0 Å². The normalized spacial score (nSPS) is 17.2. The minimum Gasteiger partial charge on any atom is -0.463 e. The molecule has 0 saturated carbocycles. The van der Waals surface area contributed by atoms with Gasteiger partial charge in [0.15, 0.2) is 0 Å². The number of nitrogens with zero attached hydrogens (tertiary/aromatic N) is 1. The van der Waals surface area contributed by atoms with E-state index in [4.69, 9.17) is 9.15 Å². The molecule has 0 aliphatic carbocycles. The molecule has 1 atom stereocenters. The van der Waals surface area contributed by atoms with Crippen LogP contribution in [-0.2, 0) is 17.7 Å². The Hall–Kier alpha value is -2.37. The van der Waals surface area contributed by atoms with Gasteiger partial charge in [-0.25, -0.2) is 4.79 Å². The smallest absolute Gasteiger partial charge is 0.373 e. The molecule has 0 fully saturated rings. The first-order valence-corrected chi connectivity index (χ1v) is 9.16.